The predicted octanol–water partition coefficient (Wildman–Crippen LogP) is 5.14. The van der Waals surface area contributed by atoms with Crippen molar-refractivity contribution in [2.45, 2.75) is 32.7 Å². The van der Waals surface area contributed by atoms with Crippen LogP contribution in [-0.4, -0.2) is 40.1 Å². The van der Waals surface area contributed by atoms with Crippen LogP contribution in [0.25, 0.3) is 21.3 Å². The van der Waals surface area contributed by atoms with Gasteiger partial charge in [0.15, 0.2) is 0 Å². The lowest BCUT2D eigenvalue weighted by Crippen LogP contribution is -2.40. The molecule has 0 atom stereocenters. The molecule has 0 N–H and O–H groups in total. The second kappa shape index (κ2) is 10.4. The Balaban J connectivity index is 1.18. The molecule has 0 bridgehead atoms. The molecule has 1 amide bonds. The number of ether oxygens (including phenoxy) is 1. The molecule has 2 aromatic carbocycles. The van der Waals surface area contributed by atoms with E-state index in [4.69, 9.17) is 4.74 Å². The molecule has 6 nitrogen and oxygen atoms in total. The van der Waals surface area contributed by atoms with Gasteiger partial charge in [-0.15, -0.1) is 11.3 Å². The number of carbonyl (C=O) groups is 1. The fraction of sp³-hybridized carbons (Fsp3) is 0.321. The number of thiophene rings is 1. The van der Waals surface area contributed by atoms with E-state index in [9.17, 15) is 9.59 Å². The summed E-state index contributed by atoms with van der Waals surface area (Å²) in [5.41, 5.74) is 3.00. The Morgan fingerprint density at radius 2 is 1.83 bits per heavy atom. The van der Waals surface area contributed by atoms with Gasteiger partial charge in [-0.1, -0.05) is 48.0 Å². The van der Waals surface area contributed by atoms with Crippen LogP contribution in [0.15, 0.2) is 71.1 Å². The normalized spacial score (nSPS) is 14.4. The van der Waals surface area contributed by atoms with Gasteiger partial charge in [0.1, 0.15) is 10.6 Å². The Bertz CT molecular complexity index is 1350. The van der Waals surface area contributed by atoms with Crippen LogP contribution in [0.3, 0.4) is 0 Å². The fourth-order valence-corrected chi connectivity index (χ4v) is 5.43. The van der Waals surface area contributed by atoms with Gasteiger partial charge < -0.3 is 9.64 Å². The number of amides is 1. The lowest BCUT2D eigenvalue weighted by Gasteiger charge is -2.32. The number of aryl methyl sites for hydroxylation is 2. The molecule has 4 aromatic rings. The minimum absolute atomic E-state index is 0.0866. The summed E-state index contributed by atoms with van der Waals surface area (Å²) in [5, 5.41) is 2.62. The molecule has 0 radical (unpaired) electrons. The third-order valence-electron chi connectivity index (χ3n) is 6.69. The van der Waals surface area contributed by atoms with E-state index in [1.54, 1.807) is 10.9 Å². The highest BCUT2D eigenvalue weighted by Gasteiger charge is 2.23. The zero-order chi connectivity index (χ0) is 24.2. The predicted molar refractivity (Wildman–Crippen MR) is 140 cm³/mol. The van der Waals surface area contributed by atoms with Crippen LogP contribution in [0, 0.1) is 12.8 Å². The number of fused-ring (bicyclic) bond motifs is 1. The Kier molecular flexibility index (Phi) is 6.95. The van der Waals surface area contributed by atoms with E-state index >= 15 is 0 Å². The molecule has 3 heterocycles. The number of benzene rings is 2. The Morgan fingerprint density at radius 1 is 1.09 bits per heavy atom. The second-order valence-corrected chi connectivity index (χ2v) is 9.99. The topological polar surface area (TPSA) is 64.4 Å². The van der Waals surface area contributed by atoms with Crippen LogP contribution in [0.5, 0.6) is 5.75 Å². The van der Waals surface area contributed by atoms with Gasteiger partial charge in [0.25, 0.3) is 5.56 Å². The third kappa shape index (κ3) is 5.30. The van der Waals surface area contributed by atoms with Crippen molar-refractivity contribution in [2.24, 2.45) is 5.92 Å². The van der Waals surface area contributed by atoms with Crippen LogP contribution in [0.4, 0.5) is 0 Å². The summed E-state index contributed by atoms with van der Waals surface area (Å²) in [5.74, 6) is 1.42. The molecule has 1 aliphatic rings. The van der Waals surface area contributed by atoms with Gasteiger partial charge in [-0.3, -0.25) is 14.2 Å². The highest BCUT2D eigenvalue weighted by atomic mass is 32.1. The van der Waals surface area contributed by atoms with Crippen molar-refractivity contribution in [1.82, 2.24) is 14.5 Å². The van der Waals surface area contributed by atoms with Crippen molar-refractivity contribution in [3.8, 4) is 16.9 Å². The van der Waals surface area contributed by atoms with Crippen molar-refractivity contribution in [3.63, 3.8) is 0 Å². The maximum atomic E-state index is 13.3. The molecule has 0 aliphatic carbocycles. The fourth-order valence-electron chi connectivity index (χ4n) is 4.53. The maximum Gasteiger partial charge on any atom is 0.262 e. The molecular weight excluding hydrogens is 458 g/mol. The number of para-hydroxylation sites is 1. The lowest BCUT2D eigenvalue weighted by molar-refractivity contribution is -0.133. The average molecular weight is 488 g/mol. The molecule has 0 spiro atoms. The SMILES string of the molecule is Cc1ccc(-c2csc3ncn(CCC(=O)N4CCC(COc5ccccc5)CC4)c(=O)c23)cc1. The summed E-state index contributed by atoms with van der Waals surface area (Å²) in [7, 11) is 0. The molecule has 35 heavy (non-hydrogen) atoms. The number of rotatable bonds is 7. The first-order chi connectivity index (χ1) is 17.1. The first-order valence-corrected chi connectivity index (χ1v) is 13.0. The standard InChI is InChI=1S/C28H29N3O3S/c1-20-7-9-22(10-8-20)24-18-35-27-26(24)28(33)31(19-29-27)16-13-25(32)30-14-11-21(12-15-30)17-34-23-5-3-2-4-6-23/h2-10,18-19,21H,11-17H2,1H3. The van der Waals surface area contributed by atoms with Gasteiger partial charge in [-0.2, -0.15) is 0 Å². The quantitative estimate of drug-likeness (QED) is 0.362. The van der Waals surface area contributed by atoms with E-state index in [-0.39, 0.29) is 11.5 Å². The van der Waals surface area contributed by atoms with E-state index in [0.29, 0.717) is 30.9 Å². The van der Waals surface area contributed by atoms with E-state index in [1.165, 1.54) is 16.9 Å². The average Bonchev–Trinajstić information content (AvgIpc) is 3.33. The largest absolute Gasteiger partial charge is 0.493 e. The van der Waals surface area contributed by atoms with Crippen LogP contribution in [0.1, 0.15) is 24.8 Å². The maximum absolute atomic E-state index is 13.3. The summed E-state index contributed by atoms with van der Waals surface area (Å²) in [4.78, 5) is 33.3. The highest BCUT2D eigenvalue weighted by molar-refractivity contribution is 7.17. The summed E-state index contributed by atoms with van der Waals surface area (Å²) < 4.78 is 7.46. The number of piperidine rings is 1. The minimum atomic E-state index is -0.0867. The van der Waals surface area contributed by atoms with Crippen molar-refractivity contribution in [3.05, 3.63) is 82.2 Å². The minimum Gasteiger partial charge on any atom is -0.493 e. The summed E-state index contributed by atoms with van der Waals surface area (Å²) in [6, 6.07) is 18.0. The van der Waals surface area contributed by atoms with Gasteiger partial charge in [0.2, 0.25) is 5.91 Å². The zero-order valence-electron chi connectivity index (χ0n) is 19.9. The molecular formula is C28H29N3O3S. The van der Waals surface area contributed by atoms with Crippen molar-refractivity contribution < 1.29 is 9.53 Å². The van der Waals surface area contributed by atoms with E-state index in [0.717, 1.165) is 47.6 Å². The molecule has 0 saturated carbocycles. The second-order valence-electron chi connectivity index (χ2n) is 9.14. The van der Waals surface area contributed by atoms with Crippen LogP contribution >= 0.6 is 11.3 Å². The lowest BCUT2D eigenvalue weighted by atomic mass is 9.97. The Labute approximate surface area is 208 Å². The summed E-state index contributed by atoms with van der Waals surface area (Å²) in [6.07, 6.45) is 3.73. The molecule has 0 unspecified atom stereocenters. The van der Waals surface area contributed by atoms with Gasteiger partial charge in [-0.05, 0) is 43.4 Å². The van der Waals surface area contributed by atoms with E-state index in [2.05, 4.69) is 4.98 Å². The number of likely N-dealkylation sites (tertiary alicyclic amines) is 1. The molecule has 180 valence electrons. The van der Waals surface area contributed by atoms with E-state index in [1.807, 2.05) is 71.8 Å². The third-order valence-corrected chi connectivity index (χ3v) is 7.57. The Hall–Kier alpha value is -3.45. The molecule has 2 aromatic heterocycles. The smallest absolute Gasteiger partial charge is 0.262 e. The number of aromatic nitrogens is 2. The molecule has 1 aliphatic heterocycles. The van der Waals surface area contributed by atoms with Gasteiger partial charge in [-0.25, -0.2) is 4.98 Å². The van der Waals surface area contributed by atoms with Crippen molar-refractivity contribution >= 4 is 27.5 Å². The number of carbonyl (C=O) groups excluding carboxylic acids is 1. The molecule has 1 fully saturated rings. The summed E-state index contributed by atoms with van der Waals surface area (Å²) in [6.45, 7) is 4.52. The molecule has 7 heteroatoms. The van der Waals surface area contributed by atoms with Crippen molar-refractivity contribution in [2.75, 3.05) is 19.7 Å². The number of hydrogen-bond acceptors (Lipinski definition) is 5. The monoisotopic (exact) mass is 487 g/mol. The van der Waals surface area contributed by atoms with Crippen LogP contribution in [0.2, 0.25) is 0 Å². The molecule has 1 saturated heterocycles. The Morgan fingerprint density at radius 3 is 2.57 bits per heavy atom. The number of nitrogens with zero attached hydrogens (tertiary/aromatic N) is 3. The number of hydrogen-bond donors (Lipinski definition) is 0. The van der Waals surface area contributed by atoms with Gasteiger partial charge in [0, 0.05) is 37.0 Å². The highest BCUT2D eigenvalue weighted by Crippen LogP contribution is 2.30. The van der Waals surface area contributed by atoms with Crippen molar-refractivity contribution in [1.29, 1.82) is 0 Å². The van der Waals surface area contributed by atoms with Crippen LogP contribution in [-0.2, 0) is 11.3 Å². The van der Waals surface area contributed by atoms with Gasteiger partial charge in [0.05, 0.1) is 18.3 Å². The zero-order valence-corrected chi connectivity index (χ0v) is 20.7. The summed E-state index contributed by atoms with van der Waals surface area (Å²) >= 11 is 1.48. The first kappa shape index (κ1) is 23.3. The first-order valence-electron chi connectivity index (χ1n) is 12.1. The van der Waals surface area contributed by atoms with Gasteiger partial charge >= 0.3 is 0 Å². The molecule has 5 rings (SSSR count). The van der Waals surface area contributed by atoms with E-state index < -0.39 is 0 Å². The van der Waals surface area contributed by atoms with Crippen LogP contribution < -0.4 is 10.3 Å².